The van der Waals surface area contributed by atoms with Gasteiger partial charge >= 0.3 is 0 Å². The number of fused-ring (bicyclic) bond motifs is 5. The Morgan fingerprint density at radius 1 is 0.714 bits per heavy atom. The van der Waals surface area contributed by atoms with E-state index in [1.807, 2.05) is 18.2 Å². The molecule has 206 valence electrons. The van der Waals surface area contributed by atoms with Crippen LogP contribution in [0.3, 0.4) is 0 Å². The molecule has 3 aromatic heterocycles. The predicted molar refractivity (Wildman–Crippen MR) is 186 cm³/mol. The number of hydrogen-bond donors (Lipinski definition) is 0. The van der Waals surface area contributed by atoms with Crippen molar-refractivity contribution in [2.75, 3.05) is 0 Å². The standard InChI is InChI=1S/C37H28O2S3/c1-5-10-26-24(4)40-36-28(26)12-8-15-32(36)39-25-18-20-35-30(21-25)23(3)33(41-35)19-17-22(2)38-31-14-9-13-29-27-11-6-7-16-34(27)42-37(29)31/h5-21H,2H2,1,3-4H3. The van der Waals surface area contributed by atoms with Gasteiger partial charge in [-0.2, -0.15) is 0 Å². The first kappa shape index (κ1) is 26.7. The van der Waals surface area contributed by atoms with Crippen LogP contribution >= 0.6 is 34.0 Å². The predicted octanol–water partition coefficient (Wildman–Crippen LogP) is 12.5. The van der Waals surface area contributed by atoms with Gasteiger partial charge in [0.25, 0.3) is 0 Å². The molecule has 0 saturated heterocycles. The highest BCUT2D eigenvalue weighted by Crippen LogP contribution is 2.42. The lowest BCUT2D eigenvalue weighted by Gasteiger charge is -2.07. The maximum Gasteiger partial charge on any atom is 0.145 e. The first-order chi connectivity index (χ1) is 20.5. The average molecular weight is 601 g/mol. The van der Waals surface area contributed by atoms with Crippen LogP contribution < -0.4 is 9.47 Å². The third-order valence-electron chi connectivity index (χ3n) is 7.44. The first-order valence-electron chi connectivity index (χ1n) is 13.8. The van der Waals surface area contributed by atoms with E-state index in [1.54, 1.807) is 34.0 Å². The number of thiophene rings is 3. The minimum Gasteiger partial charge on any atom is -0.456 e. The first-order valence-corrected chi connectivity index (χ1v) is 16.3. The Hall–Kier alpha value is -4.16. The Morgan fingerprint density at radius 2 is 1.45 bits per heavy atom. The molecule has 7 aromatic rings. The number of benzene rings is 4. The summed E-state index contributed by atoms with van der Waals surface area (Å²) in [6.45, 7) is 10.6. The molecule has 5 heteroatoms. The van der Waals surface area contributed by atoms with Crippen molar-refractivity contribution >= 4 is 86.5 Å². The number of rotatable bonds is 7. The largest absolute Gasteiger partial charge is 0.456 e. The lowest BCUT2D eigenvalue weighted by atomic mass is 10.1. The summed E-state index contributed by atoms with van der Waals surface area (Å²) < 4.78 is 17.5. The van der Waals surface area contributed by atoms with Crippen LogP contribution in [-0.2, 0) is 0 Å². The van der Waals surface area contributed by atoms with Crippen LogP contribution in [0.5, 0.6) is 17.2 Å². The molecule has 0 aliphatic heterocycles. The summed E-state index contributed by atoms with van der Waals surface area (Å²) in [4.78, 5) is 2.48. The molecule has 42 heavy (non-hydrogen) atoms. The third-order valence-corrected chi connectivity index (χ3v) is 11.0. The van der Waals surface area contributed by atoms with E-state index in [0.29, 0.717) is 5.76 Å². The molecule has 3 heterocycles. The molecule has 0 bridgehead atoms. The molecular formula is C37H28O2S3. The monoisotopic (exact) mass is 600 g/mol. The molecule has 4 aromatic carbocycles. The van der Waals surface area contributed by atoms with Gasteiger partial charge in [-0.25, -0.2) is 0 Å². The number of allylic oxidation sites excluding steroid dienone is 2. The summed E-state index contributed by atoms with van der Waals surface area (Å²) in [6, 6.07) is 27.4. The topological polar surface area (TPSA) is 18.5 Å². The Bertz CT molecular complexity index is 2200. The van der Waals surface area contributed by atoms with Gasteiger partial charge in [-0.15, -0.1) is 34.0 Å². The number of hydrogen-bond acceptors (Lipinski definition) is 5. The van der Waals surface area contributed by atoms with Crippen molar-refractivity contribution in [3.05, 3.63) is 124 Å². The van der Waals surface area contributed by atoms with Gasteiger partial charge < -0.3 is 9.47 Å². The summed E-state index contributed by atoms with van der Waals surface area (Å²) in [6.07, 6.45) is 8.34. The van der Waals surface area contributed by atoms with Gasteiger partial charge in [-0.1, -0.05) is 61.2 Å². The number of ether oxygens (including phenoxy) is 2. The highest BCUT2D eigenvalue weighted by Gasteiger charge is 2.14. The molecule has 7 rings (SSSR count). The van der Waals surface area contributed by atoms with E-state index < -0.39 is 0 Å². The van der Waals surface area contributed by atoms with E-state index >= 15 is 0 Å². The molecule has 0 N–H and O–H groups in total. The maximum absolute atomic E-state index is 6.47. The van der Waals surface area contributed by atoms with E-state index in [-0.39, 0.29) is 0 Å². The normalized spacial score (nSPS) is 12.1. The maximum atomic E-state index is 6.47. The van der Waals surface area contributed by atoms with Crippen molar-refractivity contribution in [1.29, 1.82) is 0 Å². The van der Waals surface area contributed by atoms with Gasteiger partial charge in [0.05, 0.1) is 9.40 Å². The van der Waals surface area contributed by atoms with Gasteiger partial charge in [0, 0.05) is 35.3 Å². The summed E-state index contributed by atoms with van der Waals surface area (Å²) >= 11 is 5.30. The Labute approximate surface area is 257 Å². The van der Waals surface area contributed by atoms with Crippen LogP contribution in [-0.4, -0.2) is 0 Å². The molecule has 0 aliphatic carbocycles. The minimum atomic E-state index is 0.609. The van der Waals surface area contributed by atoms with Crippen molar-refractivity contribution in [3.8, 4) is 17.2 Å². The fraction of sp³-hybridized carbons (Fsp3) is 0.0811. The molecule has 0 amide bonds. The summed E-state index contributed by atoms with van der Waals surface area (Å²) in [7, 11) is 0. The van der Waals surface area contributed by atoms with Crippen molar-refractivity contribution < 1.29 is 9.47 Å². The van der Waals surface area contributed by atoms with Crippen molar-refractivity contribution in [2.24, 2.45) is 0 Å². The summed E-state index contributed by atoms with van der Waals surface area (Å²) in [5.41, 5.74) is 2.49. The molecule has 0 atom stereocenters. The fourth-order valence-corrected chi connectivity index (χ4v) is 8.74. The Balaban J connectivity index is 1.14. The van der Waals surface area contributed by atoms with E-state index in [2.05, 4.69) is 112 Å². The SMILES string of the molecule is C=C(C=Cc1sc2ccc(Oc3cccc4c(C=CC)c(C)sc34)cc2c1C)Oc1cccc2c1sc1ccccc12. The van der Waals surface area contributed by atoms with Crippen molar-refractivity contribution in [2.45, 2.75) is 20.8 Å². The smallest absolute Gasteiger partial charge is 0.145 e. The quantitative estimate of drug-likeness (QED) is 0.134. The zero-order valence-corrected chi connectivity index (χ0v) is 26.0. The van der Waals surface area contributed by atoms with Crippen LogP contribution in [0.1, 0.15) is 27.8 Å². The van der Waals surface area contributed by atoms with E-state index in [9.17, 15) is 0 Å². The van der Waals surface area contributed by atoms with Crippen LogP contribution in [0.4, 0.5) is 0 Å². The highest BCUT2D eigenvalue weighted by molar-refractivity contribution is 7.26. The fourth-order valence-electron chi connectivity index (χ4n) is 5.40. The summed E-state index contributed by atoms with van der Waals surface area (Å²) in [5, 5.41) is 4.91. The Morgan fingerprint density at radius 3 is 2.31 bits per heavy atom. The second-order valence-electron chi connectivity index (χ2n) is 10.2. The second-order valence-corrected chi connectivity index (χ2v) is 13.5. The van der Waals surface area contributed by atoms with Crippen molar-refractivity contribution in [1.82, 2.24) is 0 Å². The van der Waals surface area contributed by atoms with E-state index in [0.717, 1.165) is 21.9 Å². The zero-order valence-electron chi connectivity index (χ0n) is 23.6. The Kier molecular flexibility index (Phi) is 6.95. The highest BCUT2D eigenvalue weighted by atomic mass is 32.1. The molecule has 2 nitrogen and oxygen atoms in total. The minimum absolute atomic E-state index is 0.609. The van der Waals surface area contributed by atoms with Crippen LogP contribution in [0, 0.1) is 13.8 Å². The molecule has 0 saturated carbocycles. The average Bonchev–Trinajstić information content (AvgIpc) is 3.64. The van der Waals surface area contributed by atoms with Crippen LogP contribution in [0.15, 0.2) is 103 Å². The van der Waals surface area contributed by atoms with Gasteiger partial charge in [-0.3, -0.25) is 0 Å². The van der Waals surface area contributed by atoms with E-state index in [1.165, 1.54) is 56.5 Å². The lowest BCUT2D eigenvalue weighted by Crippen LogP contribution is -1.90. The summed E-state index contributed by atoms with van der Waals surface area (Å²) in [5.74, 6) is 3.18. The molecule has 0 radical (unpaired) electrons. The molecule has 0 aliphatic rings. The van der Waals surface area contributed by atoms with Gasteiger partial charge in [-0.05, 0) is 85.8 Å². The van der Waals surface area contributed by atoms with Gasteiger partial charge in [0.2, 0.25) is 0 Å². The van der Waals surface area contributed by atoms with E-state index in [4.69, 9.17) is 9.47 Å². The molecule has 0 unspecified atom stereocenters. The van der Waals surface area contributed by atoms with Crippen LogP contribution in [0.2, 0.25) is 0 Å². The van der Waals surface area contributed by atoms with Crippen molar-refractivity contribution in [3.63, 3.8) is 0 Å². The molecular weight excluding hydrogens is 573 g/mol. The zero-order chi connectivity index (χ0) is 28.8. The van der Waals surface area contributed by atoms with Gasteiger partial charge in [0.1, 0.15) is 23.0 Å². The molecule has 0 fully saturated rings. The molecule has 0 spiro atoms. The third kappa shape index (κ3) is 4.74. The lowest BCUT2D eigenvalue weighted by molar-refractivity contribution is 0.453. The number of aryl methyl sites for hydroxylation is 2. The van der Waals surface area contributed by atoms with Gasteiger partial charge in [0.15, 0.2) is 0 Å². The van der Waals surface area contributed by atoms with Crippen LogP contribution in [0.25, 0.3) is 52.5 Å². The second kappa shape index (κ2) is 10.9.